The molecule has 0 bridgehead atoms. The monoisotopic (exact) mass is 587 g/mol. The molecule has 2 saturated heterocycles. The Morgan fingerprint density at radius 1 is 1.00 bits per heavy atom. The number of anilines is 2. The summed E-state index contributed by atoms with van der Waals surface area (Å²) in [5.74, 6) is 1.24. The number of hydrogen-bond acceptors (Lipinski definition) is 11. The Balaban J connectivity index is 1.61. The predicted molar refractivity (Wildman–Crippen MR) is 167 cm³/mol. The fourth-order valence-electron chi connectivity index (χ4n) is 6.17. The molecule has 0 spiro atoms. The number of hydrogen-bond donors (Lipinski definition) is 2. The second-order valence-corrected chi connectivity index (χ2v) is 12.5. The zero-order valence-corrected chi connectivity index (χ0v) is 25.6. The lowest BCUT2D eigenvalue weighted by molar-refractivity contribution is -0.00542. The maximum atomic E-state index is 11.4. The number of aromatic nitrogens is 4. The van der Waals surface area contributed by atoms with E-state index in [0.29, 0.717) is 74.3 Å². The lowest BCUT2D eigenvalue weighted by Gasteiger charge is -2.37. The number of aliphatic hydroxyl groups is 2. The molecule has 4 unspecified atom stereocenters. The SMILES string of the molecule is CC1CN(c2nc3nc(N4CCOCC4)nc(C4(C(C)O)C=C(CC(C)(C)O)C=N4)c3nc2-c2ccccc2)CC(C)O1. The molecule has 1 aromatic carbocycles. The molecule has 2 aromatic heterocycles. The quantitative estimate of drug-likeness (QED) is 0.425. The van der Waals surface area contributed by atoms with Crippen LogP contribution in [0.1, 0.15) is 46.7 Å². The molecule has 2 fully saturated rings. The van der Waals surface area contributed by atoms with Crippen molar-refractivity contribution in [1.82, 2.24) is 19.9 Å². The number of rotatable bonds is 7. The summed E-state index contributed by atoms with van der Waals surface area (Å²) >= 11 is 0. The van der Waals surface area contributed by atoms with Gasteiger partial charge in [0.05, 0.1) is 37.1 Å². The maximum absolute atomic E-state index is 11.4. The fraction of sp³-hybridized carbons (Fsp3) is 0.531. The summed E-state index contributed by atoms with van der Waals surface area (Å²) in [7, 11) is 0. The van der Waals surface area contributed by atoms with E-state index >= 15 is 0 Å². The van der Waals surface area contributed by atoms with E-state index in [1.807, 2.05) is 36.4 Å². The molecule has 5 heterocycles. The van der Waals surface area contributed by atoms with Gasteiger partial charge < -0.3 is 29.5 Å². The van der Waals surface area contributed by atoms with Crippen LogP contribution >= 0.6 is 0 Å². The maximum Gasteiger partial charge on any atom is 0.228 e. The summed E-state index contributed by atoms with van der Waals surface area (Å²) in [5, 5.41) is 21.9. The van der Waals surface area contributed by atoms with Crippen LogP contribution in [0.2, 0.25) is 0 Å². The zero-order chi connectivity index (χ0) is 30.4. The van der Waals surface area contributed by atoms with Crippen LogP contribution in [0.3, 0.4) is 0 Å². The van der Waals surface area contributed by atoms with Gasteiger partial charge in [-0.1, -0.05) is 30.3 Å². The standard InChI is InChI=1S/C32H41N7O4/c1-20-18-39(19-21(2)43-20)29-25(24-9-7-6-8-10-24)34-26-27(32(22(3)40)16-23(17-33-32)15-31(4,5)41)35-30(37-28(26)36-29)38-11-13-42-14-12-38/h6-10,16-17,20-22,40-41H,11-15,18-19H2,1-5H3. The lowest BCUT2D eigenvalue weighted by Crippen LogP contribution is -2.46. The minimum absolute atomic E-state index is 0.0282. The van der Waals surface area contributed by atoms with Crippen LogP contribution in [-0.2, 0) is 15.0 Å². The highest BCUT2D eigenvalue weighted by Crippen LogP contribution is 2.41. The number of aliphatic imine (C=N–C) groups is 1. The van der Waals surface area contributed by atoms with Gasteiger partial charge in [-0.05, 0) is 46.3 Å². The minimum Gasteiger partial charge on any atom is -0.390 e. The number of morpholine rings is 2. The highest BCUT2D eigenvalue weighted by Gasteiger charge is 2.43. The largest absolute Gasteiger partial charge is 0.390 e. The van der Waals surface area contributed by atoms with E-state index in [4.69, 9.17) is 34.4 Å². The number of benzene rings is 1. The van der Waals surface area contributed by atoms with Crippen molar-refractivity contribution >= 4 is 29.1 Å². The van der Waals surface area contributed by atoms with Crippen molar-refractivity contribution in [2.45, 2.75) is 70.5 Å². The third-order valence-electron chi connectivity index (χ3n) is 8.06. The molecule has 3 aromatic rings. The molecular weight excluding hydrogens is 546 g/mol. The first-order chi connectivity index (χ1) is 20.5. The van der Waals surface area contributed by atoms with E-state index < -0.39 is 17.2 Å². The van der Waals surface area contributed by atoms with E-state index in [1.165, 1.54) is 0 Å². The molecule has 43 heavy (non-hydrogen) atoms. The summed E-state index contributed by atoms with van der Waals surface area (Å²) in [6.07, 6.45) is 3.12. The van der Waals surface area contributed by atoms with Crippen LogP contribution in [0.5, 0.6) is 0 Å². The van der Waals surface area contributed by atoms with Gasteiger partial charge in [0.2, 0.25) is 5.95 Å². The van der Waals surface area contributed by atoms with Gasteiger partial charge in [0, 0.05) is 44.4 Å². The molecule has 3 aliphatic heterocycles. The number of fused-ring (bicyclic) bond motifs is 1. The van der Waals surface area contributed by atoms with Gasteiger partial charge in [0.25, 0.3) is 0 Å². The van der Waals surface area contributed by atoms with Crippen molar-refractivity contribution < 1.29 is 19.7 Å². The second kappa shape index (κ2) is 11.5. The average Bonchev–Trinajstić information content (AvgIpc) is 3.40. The Kier molecular flexibility index (Phi) is 7.93. The first-order valence-electron chi connectivity index (χ1n) is 15.1. The summed E-state index contributed by atoms with van der Waals surface area (Å²) in [5.41, 5.74) is 1.67. The van der Waals surface area contributed by atoms with Gasteiger partial charge in [-0.2, -0.15) is 4.98 Å². The number of nitrogens with zero attached hydrogens (tertiary/aromatic N) is 7. The van der Waals surface area contributed by atoms with Crippen molar-refractivity contribution in [3.05, 3.63) is 47.7 Å². The number of aliphatic hydroxyl groups excluding tert-OH is 1. The minimum atomic E-state index is -1.23. The molecule has 4 atom stereocenters. The van der Waals surface area contributed by atoms with E-state index in [9.17, 15) is 10.2 Å². The van der Waals surface area contributed by atoms with Gasteiger partial charge in [-0.15, -0.1) is 0 Å². The first-order valence-corrected chi connectivity index (χ1v) is 15.1. The van der Waals surface area contributed by atoms with Crippen molar-refractivity contribution in [3.8, 4) is 11.3 Å². The Morgan fingerprint density at radius 2 is 1.70 bits per heavy atom. The number of ether oxygens (including phenoxy) is 2. The molecular formula is C32H41N7O4. The van der Waals surface area contributed by atoms with Crippen molar-refractivity contribution in [2.24, 2.45) is 4.99 Å². The molecule has 228 valence electrons. The topological polar surface area (TPSA) is 129 Å². The first kappa shape index (κ1) is 29.6. The summed E-state index contributed by atoms with van der Waals surface area (Å²) in [6, 6.07) is 9.99. The van der Waals surface area contributed by atoms with Crippen molar-refractivity contribution in [2.75, 3.05) is 49.2 Å². The van der Waals surface area contributed by atoms with Crippen LogP contribution in [-0.4, -0.2) is 99.7 Å². The van der Waals surface area contributed by atoms with Gasteiger partial charge in [-0.3, -0.25) is 4.99 Å². The fourth-order valence-corrected chi connectivity index (χ4v) is 6.17. The molecule has 11 heteroatoms. The van der Waals surface area contributed by atoms with Gasteiger partial charge in [-0.25, -0.2) is 15.0 Å². The Morgan fingerprint density at radius 3 is 2.35 bits per heavy atom. The van der Waals surface area contributed by atoms with Gasteiger partial charge in [0.1, 0.15) is 22.4 Å². The molecule has 0 radical (unpaired) electrons. The van der Waals surface area contributed by atoms with Crippen molar-refractivity contribution in [3.63, 3.8) is 0 Å². The van der Waals surface area contributed by atoms with E-state index in [-0.39, 0.29) is 12.2 Å². The van der Waals surface area contributed by atoms with Gasteiger partial charge >= 0.3 is 0 Å². The van der Waals surface area contributed by atoms with Crippen LogP contribution in [0, 0.1) is 0 Å². The van der Waals surface area contributed by atoms with Crippen molar-refractivity contribution in [1.29, 1.82) is 0 Å². The van der Waals surface area contributed by atoms with E-state index in [0.717, 1.165) is 17.0 Å². The molecule has 0 aliphatic carbocycles. The van der Waals surface area contributed by atoms with Crippen LogP contribution in [0.25, 0.3) is 22.4 Å². The third kappa shape index (κ3) is 5.99. The Labute approximate surface area is 252 Å². The molecule has 0 saturated carbocycles. The summed E-state index contributed by atoms with van der Waals surface area (Å²) in [6.45, 7) is 13.1. The highest BCUT2D eigenvalue weighted by molar-refractivity contribution is 5.88. The highest BCUT2D eigenvalue weighted by atomic mass is 16.5. The van der Waals surface area contributed by atoms with Gasteiger partial charge in [0.15, 0.2) is 11.5 Å². The normalized spacial score (nSPS) is 25.3. The predicted octanol–water partition coefficient (Wildman–Crippen LogP) is 3.28. The van der Waals surface area contributed by atoms with Crippen LogP contribution in [0.4, 0.5) is 11.8 Å². The summed E-state index contributed by atoms with van der Waals surface area (Å²) < 4.78 is 11.6. The third-order valence-corrected chi connectivity index (χ3v) is 8.06. The van der Waals surface area contributed by atoms with E-state index in [2.05, 4.69) is 23.6 Å². The molecule has 11 nitrogen and oxygen atoms in total. The van der Waals surface area contributed by atoms with Crippen LogP contribution in [0.15, 0.2) is 47.0 Å². The van der Waals surface area contributed by atoms with E-state index in [1.54, 1.807) is 27.0 Å². The summed E-state index contributed by atoms with van der Waals surface area (Å²) in [4.78, 5) is 29.7. The Hall–Kier alpha value is -3.51. The molecule has 3 aliphatic rings. The molecule has 2 N–H and O–H groups in total. The van der Waals surface area contributed by atoms with Crippen LogP contribution < -0.4 is 9.80 Å². The average molecular weight is 588 g/mol. The Bertz CT molecular complexity index is 1520. The molecule has 0 amide bonds. The molecule has 6 rings (SSSR count). The smallest absolute Gasteiger partial charge is 0.228 e. The lowest BCUT2D eigenvalue weighted by atomic mass is 9.87. The second-order valence-electron chi connectivity index (χ2n) is 12.5. The zero-order valence-electron chi connectivity index (χ0n) is 25.6.